The number of nitrogens with one attached hydrogen (secondary N) is 2. The molecule has 88 valence electrons. The molecule has 3 N–H and O–H groups in total. The summed E-state index contributed by atoms with van der Waals surface area (Å²) in [6, 6.07) is 4.29. The van der Waals surface area contributed by atoms with Gasteiger partial charge in [0.15, 0.2) is 0 Å². The van der Waals surface area contributed by atoms with Crippen molar-refractivity contribution in [3.8, 4) is 0 Å². The first-order valence-corrected chi connectivity index (χ1v) is 5.88. The van der Waals surface area contributed by atoms with Gasteiger partial charge in [-0.05, 0) is 32.0 Å². The highest BCUT2D eigenvalue weighted by Gasteiger charge is 2.14. The van der Waals surface area contributed by atoms with E-state index >= 15 is 0 Å². The Hall–Kier alpha value is -0.970. The fourth-order valence-corrected chi connectivity index (χ4v) is 2.00. The predicted molar refractivity (Wildman–Crippen MR) is 63.1 cm³/mol. The lowest BCUT2D eigenvalue weighted by Crippen LogP contribution is -2.41. The zero-order valence-electron chi connectivity index (χ0n) is 9.39. The van der Waals surface area contributed by atoms with Gasteiger partial charge in [0.1, 0.15) is 0 Å². The SMILES string of the molecule is O[C@@H](CNC1CCNCC1)c1cccnc1. The number of rotatable bonds is 4. The van der Waals surface area contributed by atoms with E-state index in [0.717, 1.165) is 31.5 Å². The summed E-state index contributed by atoms with van der Waals surface area (Å²) in [5.41, 5.74) is 0.879. The molecule has 2 heterocycles. The van der Waals surface area contributed by atoms with Crippen molar-refractivity contribution in [3.05, 3.63) is 30.1 Å². The first-order chi connectivity index (χ1) is 7.86. The number of hydrogen-bond acceptors (Lipinski definition) is 4. The van der Waals surface area contributed by atoms with Crippen LogP contribution in [-0.2, 0) is 0 Å². The van der Waals surface area contributed by atoms with Gasteiger partial charge in [0.2, 0.25) is 0 Å². The molecular weight excluding hydrogens is 202 g/mol. The van der Waals surface area contributed by atoms with Crippen molar-refractivity contribution in [2.24, 2.45) is 0 Å². The highest BCUT2D eigenvalue weighted by molar-refractivity contribution is 5.12. The molecule has 4 nitrogen and oxygen atoms in total. The predicted octanol–water partition coefficient (Wildman–Crippen LogP) is 0.457. The van der Waals surface area contributed by atoms with Gasteiger partial charge >= 0.3 is 0 Å². The van der Waals surface area contributed by atoms with Crippen LogP contribution in [0.2, 0.25) is 0 Å². The van der Waals surface area contributed by atoms with Crippen LogP contribution >= 0.6 is 0 Å². The second-order valence-corrected chi connectivity index (χ2v) is 4.23. The maximum atomic E-state index is 9.93. The molecule has 16 heavy (non-hydrogen) atoms. The van der Waals surface area contributed by atoms with Crippen molar-refractivity contribution in [2.75, 3.05) is 19.6 Å². The zero-order chi connectivity index (χ0) is 11.2. The fourth-order valence-electron chi connectivity index (χ4n) is 2.00. The Morgan fingerprint density at radius 1 is 1.50 bits per heavy atom. The number of pyridine rings is 1. The minimum Gasteiger partial charge on any atom is -0.387 e. The third kappa shape index (κ3) is 3.27. The summed E-state index contributed by atoms with van der Waals surface area (Å²) >= 11 is 0. The van der Waals surface area contributed by atoms with Gasteiger partial charge in [-0.3, -0.25) is 4.98 Å². The summed E-state index contributed by atoms with van der Waals surface area (Å²) in [4.78, 5) is 4.00. The highest BCUT2D eigenvalue weighted by Crippen LogP contribution is 2.10. The second kappa shape index (κ2) is 5.94. The number of aliphatic hydroxyl groups excluding tert-OH is 1. The van der Waals surface area contributed by atoms with Crippen molar-refractivity contribution in [2.45, 2.75) is 25.0 Å². The van der Waals surface area contributed by atoms with Gasteiger partial charge in [0.05, 0.1) is 6.10 Å². The van der Waals surface area contributed by atoms with Crippen molar-refractivity contribution >= 4 is 0 Å². The molecule has 0 unspecified atom stereocenters. The van der Waals surface area contributed by atoms with E-state index in [0.29, 0.717) is 12.6 Å². The van der Waals surface area contributed by atoms with Crippen molar-refractivity contribution in [1.29, 1.82) is 0 Å². The molecule has 0 aliphatic carbocycles. The standard InChI is InChI=1S/C12H19N3O/c16-12(10-2-1-5-14-8-10)9-15-11-3-6-13-7-4-11/h1-2,5,8,11-13,15-16H,3-4,6-7,9H2/t12-/m0/s1. The topological polar surface area (TPSA) is 57.2 Å². The number of aromatic nitrogens is 1. The van der Waals surface area contributed by atoms with E-state index < -0.39 is 6.10 Å². The Kier molecular flexibility index (Phi) is 4.27. The maximum Gasteiger partial charge on any atom is 0.0929 e. The van der Waals surface area contributed by atoms with Crippen LogP contribution in [0, 0.1) is 0 Å². The lowest BCUT2D eigenvalue weighted by molar-refractivity contribution is 0.166. The molecule has 1 fully saturated rings. The Bertz CT molecular complexity index is 298. The fraction of sp³-hybridized carbons (Fsp3) is 0.583. The van der Waals surface area contributed by atoms with Gasteiger partial charge in [0, 0.05) is 30.5 Å². The molecule has 0 radical (unpaired) electrons. The zero-order valence-corrected chi connectivity index (χ0v) is 9.39. The summed E-state index contributed by atoms with van der Waals surface area (Å²) in [6.45, 7) is 2.75. The first-order valence-electron chi connectivity index (χ1n) is 5.88. The molecular formula is C12H19N3O. The number of aliphatic hydroxyl groups is 1. The molecule has 4 heteroatoms. The maximum absolute atomic E-state index is 9.93. The van der Waals surface area contributed by atoms with E-state index in [1.165, 1.54) is 0 Å². The average molecular weight is 221 g/mol. The lowest BCUT2D eigenvalue weighted by Gasteiger charge is -2.25. The largest absolute Gasteiger partial charge is 0.387 e. The van der Waals surface area contributed by atoms with E-state index in [1.807, 2.05) is 12.1 Å². The van der Waals surface area contributed by atoms with Crippen LogP contribution in [0.4, 0.5) is 0 Å². The minimum absolute atomic E-state index is 0.455. The van der Waals surface area contributed by atoms with Gasteiger partial charge in [0.25, 0.3) is 0 Å². The van der Waals surface area contributed by atoms with Gasteiger partial charge in [-0.2, -0.15) is 0 Å². The third-order valence-electron chi connectivity index (χ3n) is 3.01. The molecule has 0 aromatic carbocycles. The van der Waals surface area contributed by atoms with Gasteiger partial charge in [-0.25, -0.2) is 0 Å². The quantitative estimate of drug-likeness (QED) is 0.691. The number of nitrogens with zero attached hydrogens (tertiary/aromatic N) is 1. The Morgan fingerprint density at radius 3 is 3.00 bits per heavy atom. The van der Waals surface area contributed by atoms with Crippen molar-refractivity contribution in [1.82, 2.24) is 15.6 Å². The van der Waals surface area contributed by atoms with Crippen molar-refractivity contribution in [3.63, 3.8) is 0 Å². The highest BCUT2D eigenvalue weighted by atomic mass is 16.3. The molecule has 0 saturated carbocycles. The molecule has 1 aliphatic rings. The second-order valence-electron chi connectivity index (χ2n) is 4.23. The van der Waals surface area contributed by atoms with Crippen LogP contribution in [0.25, 0.3) is 0 Å². The van der Waals surface area contributed by atoms with Crippen LogP contribution in [0.1, 0.15) is 24.5 Å². The Labute approximate surface area is 96.1 Å². The first kappa shape index (κ1) is 11.5. The van der Waals surface area contributed by atoms with Gasteiger partial charge in [-0.15, -0.1) is 0 Å². The molecule has 2 rings (SSSR count). The Morgan fingerprint density at radius 2 is 2.31 bits per heavy atom. The summed E-state index contributed by atoms with van der Waals surface area (Å²) in [5, 5.41) is 16.7. The third-order valence-corrected chi connectivity index (χ3v) is 3.01. The van der Waals surface area contributed by atoms with E-state index in [1.54, 1.807) is 12.4 Å². The van der Waals surface area contributed by atoms with Crippen LogP contribution in [0.5, 0.6) is 0 Å². The van der Waals surface area contributed by atoms with E-state index in [4.69, 9.17) is 0 Å². The van der Waals surface area contributed by atoms with Crippen LogP contribution in [0.15, 0.2) is 24.5 Å². The molecule has 1 saturated heterocycles. The van der Waals surface area contributed by atoms with E-state index in [2.05, 4.69) is 15.6 Å². The van der Waals surface area contributed by atoms with Gasteiger partial charge in [-0.1, -0.05) is 6.07 Å². The molecule has 1 aromatic rings. The summed E-state index contributed by atoms with van der Waals surface area (Å²) in [5.74, 6) is 0. The lowest BCUT2D eigenvalue weighted by atomic mass is 10.1. The van der Waals surface area contributed by atoms with Crippen LogP contribution < -0.4 is 10.6 Å². The monoisotopic (exact) mass is 221 g/mol. The molecule has 0 spiro atoms. The van der Waals surface area contributed by atoms with Crippen LogP contribution in [0.3, 0.4) is 0 Å². The smallest absolute Gasteiger partial charge is 0.0929 e. The number of hydrogen-bond donors (Lipinski definition) is 3. The van der Waals surface area contributed by atoms with Gasteiger partial charge < -0.3 is 15.7 Å². The van der Waals surface area contributed by atoms with E-state index in [-0.39, 0.29) is 0 Å². The molecule has 1 atom stereocenters. The molecule has 1 aromatic heterocycles. The average Bonchev–Trinajstić information content (AvgIpc) is 2.38. The molecule has 1 aliphatic heterocycles. The van der Waals surface area contributed by atoms with E-state index in [9.17, 15) is 5.11 Å². The normalized spacial score (nSPS) is 19.6. The summed E-state index contributed by atoms with van der Waals surface area (Å²) < 4.78 is 0. The van der Waals surface area contributed by atoms with Crippen LogP contribution in [-0.4, -0.2) is 35.8 Å². The van der Waals surface area contributed by atoms with Crippen molar-refractivity contribution < 1.29 is 5.11 Å². The Balaban J connectivity index is 1.77. The summed E-state index contributed by atoms with van der Waals surface area (Å²) in [6.07, 6.45) is 5.26. The number of piperidine rings is 1. The summed E-state index contributed by atoms with van der Waals surface area (Å²) in [7, 11) is 0. The minimum atomic E-state index is -0.455. The molecule has 0 bridgehead atoms. The molecule has 0 amide bonds.